The topological polar surface area (TPSA) is 55.4 Å². The summed E-state index contributed by atoms with van der Waals surface area (Å²) < 4.78 is 29.7. The maximum Gasteiger partial charge on any atom is 0.180 e. The first kappa shape index (κ1) is 16.0. The molecule has 0 aliphatic carbocycles. The molecule has 0 fully saturated rings. The van der Waals surface area contributed by atoms with Gasteiger partial charge in [0.1, 0.15) is 5.75 Å². The normalized spacial score (nSPS) is 13.2. The maximum absolute atomic E-state index is 12.3. The van der Waals surface area contributed by atoms with Crippen LogP contribution in [0.15, 0.2) is 29.2 Å². The van der Waals surface area contributed by atoms with Gasteiger partial charge in [0.2, 0.25) is 0 Å². The zero-order valence-electron chi connectivity index (χ0n) is 11.8. The third kappa shape index (κ3) is 4.84. The van der Waals surface area contributed by atoms with Crippen molar-refractivity contribution in [2.75, 3.05) is 19.4 Å². The van der Waals surface area contributed by atoms with Gasteiger partial charge in [0.15, 0.2) is 9.84 Å². The molecule has 0 heterocycles. The number of ether oxygens (including phenoxy) is 1. The number of nitrogens with one attached hydrogen (secondary N) is 1. The van der Waals surface area contributed by atoms with E-state index in [1.807, 2.05) is 6.92 Å². The summed E-state index contributed by atoms with van der Waals surface area (Å²) >= 11 is 0. The summed E-state index contributed by atoms with van der Waals surface area (Å²) in [5.74, 6) is 0.687. The molecular formula is C14H23NO3S. The Morgan fingerprint density at radius 3 is 2.63 bits per heavy atom. The van der Waals surface area contributed by atoms with E-state index in [2.05, 4.69) is 12.2 Å². The Labute approximate surface area is 116 Å². The summed E-state index contributed by atoms with van der Waals surface area (Å²) in [5.41, 5.74) is 0. The lowest BCUT2D eigenvalue weighted by Crippen LogP contribution is -2.35. The molecule has 1 aromatic rings. The summed E-state index contributed by atoms with van der Waals surface area (Å²) in [4.78, 5) is 0.323. The monoisotopic (exact) mass is 285 g/mol. The van der Waals surface area contributed by atoms with Gasteiger partial charge in [0.25, 0.3) is 0 Å². The number of rotatable bonds is 8. The van der Waals surface area contributed by atoms with Gasteiger partial charge < -0.3 is 10.1 Å². The second-order valence-electron chi connectivity index (χ2n) is 4.52. The first-order valence-corrected chi connectivity index (χ1v) is 8.29. The van der Waals surface area contributed by atoms with Crippen molar-refractivity contribution < 1.29 is 13.2 Å². The second kappa shape index (κ2) is 7.50. The largest absolute Gasteiger partial charge is 0.497 e. The molecule has 0 aliphatic heterocycles. The van der Waals surface area contributed by atoms with Gasteiger partial charge in [0, 0.05) is 6.04 Å². The Morgan fingerprint density at radius 1 is 1.32 bits per heavy atom. The summed E-state index contributed by atoms with van der Waals surface area (Å²) in [5, 5.41) is 3.26. The predicted molar refractivity (Wildman–Crippen MR) is 77.4 cm³/mol. The third-order valence-corrected chi connectivity index (χ3v) is 4.81. The van der Waals surface area contributed by atoms with Crippen LogP contribution in [-0.4, -0.2) is 33.9 Å². The van der Waals surface area contributed by atoms with Gasteiger partial charge in [-0.2, -0.15) is 0 Å². The number of hydrogen-bond donors (Lipinski definition) is 1. The van der Waals surface area contributed by atoms with E-state index in [0.717, 1.165) is 19.4 Å². The lowest BCUT2D eigenvalue weighted by atomic mass is 10.2. The Bertz CT molecular complexity index is 485. The quantitative estimate of drug-likeness (QED) is 0.796. The average molecular weight is 285 g/mol. The second-order valence-corrected chi connectivity index (χ2v) is 6.55. The van der Waals surface area contributed by atoms with Gasteiger partial charge in [-0.25, -0.2) is 8.42 Å². The van der Waals surface area contributed by atoms with Crippen LogP contribution in [0.2, 0.25) is 0 Å². The molecule has 1 aromatic carbocycles. The predicted octanol–water partition coefficient (Wildman–Crippen LogP) is 2.25. The molecule has 108 valence electrons. The zero-order chi connectivity index (χ0) is 14.3. The Balaban J connectivity index is 2.84. The first-order chi connectivity index (χ1) is 9.03. The van der Waals surface area contributed by atoms with Crippen molar-refractivity contribution in [3.63, 3.8) is 0 Å². The van der Waals surface area contributed by atoms with Crippen LogP contribution >= 0.6 is 0 Å². The molecule has 0 radical (unpaired) electrons. The highest BCUT2D eigenvalue weighted by molar-refractivity contribution is 7.91. The SMILES string of the molecule is CCCNC(CC)CS(=O)(=O)c1cccc(OC)c1. The van der Waals surface area contributed by atoms with Gasteiger partial charge in [-0.1, -0.05) is 19.9 Å². The molecule has 0 amide bonds. The highest BCUT2D eigenvalue weighted by atomic mass is 32.2. The van der Waals surface area contributed by atoms with Crippen LogP contribution in [0.1, 0.15) is 26.7 Å². The molecule has 1 unspecified atom stereocenters. The molecule has 0 aromatic heterocycles. The molecular weight excluding hydrogens is 262 g/mol. The van der Waals surface area contributed by atoms with Crippen LogP contribution in [0.5, 0.6) is 5.75 Å². The van der Waals surface area contributed by atoms with Gasteiger partial charge in [-0.3, -0.25) is 0 Å². The van der Waals surface area contributed by atoms with Gasteiger partial charge in [0.05, 0.1) is 17.8 Å². The Hall–Kier alpha value is -1.07. The van der Waals surface area contributed by atoms with E-state index in [9.17, 15) is 8.42 Å². The number of sulfone groups is 1. The highest BCUT2D eigenvalue weighted by Crippen LogP contribution is 2.19. The molecule has 1 N–H and O–H groups in total. The van der Waals surface area contributed by atoms with E-state index >= 15 is 0 Å². The van der Waals surface area contributed by atoms with Crippen molar-refractivity contribution in [3.8, 4) is 5.75 Å². The van der Waals surface area contributed by atoms with Crippen molar-refractivity contribution in [2.45, 2.75) is 37.6 Å². The summed E-state index contributed by atoms with van der Waals surface area (Å²) in [6.07, 6.45) is 1.79. The van der Waals surface area contributed by atoms with Crippen molar-refractivity contribution in [1.82, 2.24) is 5.32 Å². The van der Waals surface area contributed by atoms with Gasteiger partial charge in [-0.05, 0) is 37.6 Å². The van der Waals surface area contributed by atoms with Crippen LogP contribution in [0.4, 0.5) is 0 Å². The minimum absolute atomic E-state index is 0.00356. The van der Waals surface area contributed by atoms with E-state index in [4.69, 9.17) is 4.74 Å². The van der Waals surface area contributed by atoms with Crippen LogP contribution in [0, 0.1) is 0 Å². The van der Waals surface area contributed by atoms with Crippen molar-refractivity contribution in [2.24, 2.45) is 0 Å². The third-order valence-electron chi connectivity index (χ3n) is 3.00. The van der Waals surface area contributed by atoms with E-state index in [1.165, 1.54) is 7.11 Å². The van der Waals surface area contributed by atoms with Crippen LogP contribution in [0.25, 0.3) is 0 Å². The van der Waals surface area contributed by atoms with Crippen molar-refractivity contribution in [3.05, 3.63) is 24.3 Å². The molecule has 19 heavy (non-hydrogen) atoms. The fraction of sp³-hybridized carbons (Fsp3) is 0.571. The number of methoxy groups -OCH3 is 1. The smallest absolute Gasteiger partial charge is 0.180 e. The van der Waals surface area contributed by atoms with E-state index in [1.54, 1.807) is 24.3 Å². The average Bonchev–Trinajstić information content (AvgIpc) is 2.43. The summed E-state index contributed by atoms with van der Waals surface area (Å²) in [6.45, 7) is 4.90. The standard InChI is InChI=1S/C14H23NO3S/c1-4-9-15-12(5-2)11-19(16,17)14-8-6-7-13(10-14)18-3/h6-8,10,12,15H,4-5,9,11H2,1-3H3. The molecule has 1 atom stereocenters. The molecule has 4 nitrogen and oxygen atoms in total. The molecule has 0 saturated heterocycles. The van der Waals surface area contributed by atoms with E-state index in [0.29, 0.717) is 10.6 Å². The molecule has 0 aliphatic rings. The number of hydrogen-bond acceptors (Lipinski definition) is 4. The molecule has 0 saturated carbocycles. The maximum atomic E-state index is 12.3. The number of benzene rings is 1. The highest BCUT2D eigenvalue weighted by Gasteiger charge is 2.20. The summed E-state index contributed by atoms with van der Waals surface area (Å²) in [7, 11) is -1.75. The van der Waals surface area contributed by atoms with E-state index < -0.39 is 9.84 Å². The van der Waals surface area contributed by atoms with Crippen molar-refractivity contribution >= 4 is 9.84 Å². The first-order valence-electron chi connectivity index (χ1n) is 6.63. The van der Waals surface area contributed by atoms with Crippen LogP contribution in [0.3, 0.4) is 0 Å². The fourth-order valence-electron chi connectivity index (χ4n) is 1.83. The van der Waals surface area contributed by atoms with Gasteiger partial charge >= 0.3 is 0 Å². The lowest BCUT2D eigenvalue weighted by molar-refractivity contribution is 0.413. The van der Waals surface area contributed by atoms with Gasteiger partial charge in [-0.15, -0.1) is 0 Å². The Morgan fingerprint density at radius 2 is 2.05 bits per heavy atom. The molecule has 0 spiro atoms. The molecule has 1 rings (SSSR count). The fourth-order valence-corrected chi connectivity index (χ4v) is 3.48. The Kier molecular flexibility index (Phi) is 6.31. The minimum atomic E-state index is -3.28. The van der Waals surface area contributed by atoms with Crippen molar-refractivity contribution in [1.29, 1.82) is 0 Å². The summed E-state index contributed by atoms with van der Waals surface area (Å²) in [6, 6.07) is 6.63. The molecule has 0 bridgehead atoms. The molecule has 5 heteroatoms. The zero-order valence-corrected chi connectivity index (χ0v) is 12.7. The van der Waals surface area contributed by atoms with E-state index in [-0.39, 0.29) is 11.8 Å². The van der Waals surface area contributed by atoms with Crippen LogP contribution < -0.4 is 10.1 Å². The minimum Gasteiger partial charge on any atom is -0.497 e. The lowest BCUT2D eigenvalue weighted by Gasteiger charge is -2.16. The van der Waals surface area contributed by atoms with Crippen LogP contribution in [-0.2, 0) is 9.84 Å².